The second-order valence-electron chi connectivity index (χ2n) is 22.5. The van der Waals surface area contributed by atoms with Crippen molar-refractivity contribution in [3.05, 3.63) is 162 Å². The highest BCUT2D eigenvalue weighted by molar-refractivity contribution is 7.23. The maximum absolute atomic E-state index is 16.0. The molecular weight excluding hydrogens is 1170 g/mol. The molecule has 0 N–H and O–H groups in total. The van der Waals surface area contributed by atoms with Crippen molar-refractivity contribution in [1.82, 2.24) is 4.90 Å². The van der Waals surface area contributed by atoms with Crippen LogP contribution in [0.4, 0.5) is 32.0 Å². The molecule has 434 valence electrons. The van der Waals surface area contributed by atoms with E-state index in [1.54, 1.807) is 54.6 Å². The van der Waals surface area contributed by atoms with Crippen molar-refractivity contribution in [1.29, 1.82) is 0 Å². The highest BCUT2D eigenvalue weighted by Gasteiger charge is 2.80. The fourth-order valence-corrected chi connectivity index (χ4v) is 17.0. The topological polar surface area (TPSA) is 84.0 Å². The smallest absolute Gasteiger partial charge is 0.380 e. The number of allylic oxidation sites excluding steroid dienone is 2. The van der Waals surface area contributed by atoms with Crippen LogP contribution in [0.15, 0.2) is 109 Å². The number of carbonyl (C=O) groups excluding carboxylic acids is 4. The van der Waals surface area contributed by atoms with Gasteiger partial charge in [-0.1, -0.05) is 89.5 Å². The summed E-state index contributed by atoms with van der Waals surface area (Å²) in [5.41, 5.74) is -1.42. The van der Waals surface area contributed by atoms with E-state index in [4.69, 9.17) is 4.74 Å². The molecule has 0 spiro atoms. The summed E-state index contributed by atoms with van der Waals surface area (Å²) in [6.07, 6.45) is 9.95. The molecule has 0 saturated heterocycles. The summed E-state index contributed by atoms with van der Waals surface area (Å²) < 4.78 is 101. The highest BCUT2D eigenvalue weighted by Crippen LogP contribution is 2.66. The van der Waals surface area contributed by atoms with Gasteiger partial charge in [0.1, 0.15) is 12.4 Å². The van der Waals surface area contributed by atoms with E-state index in [2.05, 4.69) is 13.8 Å². The average Bonchev–Trinajstić information content (AvgIpc) is 1.74. The predicted octanol–water partition coefficient (Wildman–Crippen LogP) is 20.4. The van der Waals surface area contributed by atoms with Crippen LogP contribution < -0.4 is 9.64 Å². The number of hydrogen-bond acceptors (Lipinski definition) is 9. The minimum Gasteiger partial charge on any atom is -0.488 e. The van der Waals surface area contributed by atoms with Crippen molar-refractivity contribution < 1.29 is 50.3 Å². The van der Waals surface area contributed by atoms with Gasteiger partial charge in [-0.2, -0.15) is 26.3 Å². The first-order chi connectivity index (χ1) is 40.8. The molecular formula is C68H56F6N2O5S4. The molecule has 0 saturated carbocycles. The fraction of sp³-hybridized carbons (Fsp3) is 0.294. The summed E-state index contributed by atoms with van der Waals surface area (Å²) in [6.45, 7) is 9.20. The van der Waals surface area contributed by atoms with Crippen LogP contribution in [-0.4, -0.2) is 52.3 Å². The quantitative estimate of drug-likeness (QED) is 0.0265. The Balaban J connectivity index is 0.746. The minimum atomic E-state index is -5.69. The maximum Gasteiger partial charge on any atom is 0.380 e. The number of benzene rings is 6. The summed E-state index contributed by atoms with van der Waals surface area (Å²) in [7, 11) is 0. The van der Waals surface area contributed by atoms with E-state index in [1.807, 2.05) is 49.4 Å². The van der Waals surface area contributed by atoms with Gasteiger partial charge in [-0.15, -0.1) is 45.3 Å². The van der Waals surface area contributed by atoms with Gasteiger partial charge in [0.2, 0.25) is 0 Å². The summed E-state index contributed by atoms with van der Waals surface area (Å²) >= 11 is 4.79. The molecule has 13 rings (SSSR count). The van der Waals surface area contributed by atoms with E-state index >= 15 is 26.3 Å². The largest absolute Gasteiger partial charge is 0.488 e. The Morgan fingerprint density at radius 1 is 0.459 bits per heavy atom. The van der Waals surface area contributed by atoms with Crippen molar-refractivity contribution in [2.24, 2.45) is 0 Å². The fourth-order valence-electron chi connectivity index (χ4n) is 13.0. The number of unbranched alkanes of at least 4 members (excludes halogenated alkanes) is 6. The maximum atomic E-state index is 16.0. The van der Waals surface area contributed by atoms with Gasteiger partial charge in [0.15, 0.2) is 0 Å². The lowest BCUT2D eigenvalue weighted by atomic mass is 9.82. The number of thiophene rings is 4. The minimum absolute atomic E-state index is 0.0571. The number of amides is 4. The van der Waals surface area contributed by atoms with E-state index in [9.17, 15) is 19.2 Å². The Hall–Kier alpha value is -7.18. The Morgan fingerprint density at radius 2 is 0.906 bits per heavy atom. The lowest BCUT2D eigenvalue weighted by Gasteiger charge is -2.35. The molecule has 2 aliphatic heterocycles. The van der Waals surface area contributed by atoms with Crippen molar-refractivity contribution in [3.8, 4) is 25.3 Å². The molecule has 3 aliphatic rings. The van der Waals surface area contributed by atoms with Crippen LogP contribution >= 0.6 is 45.3 Å². The van der Waals surface area contributed by atoms with Crippen molar-refractivity contribution in [2.75, 3.05) is 4.90 Å². The van der Waals surface area contributed by atoms with E-state index in [0.29, 0.717) is 64.0 Å². The van der Waals surface area contributed by atoms with Gasteiger partial charge in [-0.05, 0) is 162 Å². The molecule has 6 heterocycles. The molecule has 0 fully saturated rings. The van der Waals surface area contributed by atoms with Crippen molar-refractivity contribution >= 4 is 129 Å². The van der Waals surface area contributed by atoms with E-state index in [-0.39, 0.29) is 45.3 Å². The first-order valence-electron chi connectivity index (χ1n) is 28.7. The van der Waals surface area contributed by atoms with Crippen LogP contribution in [0.5, 0.6) is 5.75 Å². The van der Waals surface area contributed by atoms with Gasteiger partial charge in [-0.25, -0.2) is 4.90 Å². The molecule has 6 aromatic carbocycles. The Morgan fingerprint density at radius 3 is 1.35 bits per heavy atom. The normalized spacial score (nSPS) is 16.4. The zero-order valence-corrected chi connectivity index (χ0v) is 50.4. The third-order valence-corrected chi connectivity index (χ3v) is 21.8. The highest BCUT2D eigenvalue weighted by atomic mass is 32.1. The molecule has 85 heavy (non-hydrogen) atoms. The van der Waals surface area contributed by atoms with Gasteiger partial charge in [0.05, 0.1) is 5.69 Å². The SMILES string of the molecule is CCCCCCC(CCCCCC)N1C(=O)c2ccc3c4ccc5c6c(ccc(c7ccc(c2c37)C1=O)c64)C(=O)N(c1ccc(OCc2ccc(-c3cc(C4=C(c6cc(-c7ccc(C)s7)sc6C)C(F)(F)C(F)(F)C4(F)F)c(C)s3)s2)cc1)C5=O. The van der Waals surface area contributed by atoms with Crippen LogP contribution in [0.3, 0.4) is 0 Å². The molecule has 17 heteroatoms. The number of alkyl halides is 6. The Kier molecular flexibility index (Phi) is 14.3. The third kappa shape index (κ3) is 8.90. The van der Waals surface area contributed by atoms with Gasteiger partial charge < -0.3 is 4.74 Å². The molecule has 0 atom stereocenters. The predicted molar refractivity (Wildman–Crippen MR) is 333 cm³/mol. The summed E-state index contributed by atoms with van der Waals surface area (Å²) in [6, 6.07) is 30.8. The van der Waals surface area contributed by atoms with Crippen LogP contribution in [0, 0.1) is 20.8 Å². The van der Waals surface area contributed by atoms with Gasteiger partial charge in [0, 0.05) is 89.2 Å². The summed E-state index contributed by atoms with van der Waals surface area (Å²) in [5.74, 6) is -17.2. The number of halogens is 6. The van der Waals surface area contributed by atoms with Gasteiger partial charge >= 0.3 is 17.8 Å². The van der Waals surface area contributed by atoms with Crippen molar-refractivity contribution in [3.63, 3.8) is 0 Å². The van der Waals surface area contributed by atoms with Crippen molar-refractivity contribution in [2.45, 2.75) is 129 Å². The monoisotopic (exact) mass is 1220 g/mol. The number of aryl methyl sites for hydroxylation is 3. The second kappa shape index (κ2) is 21.4. The third-order valence-electron chi connectivity index (χ3n) is 17.2. The molecule has 4 amide bonds. The Labute approximate surface area is 502 Å². The van der Waals surface area contributed by atoms with E-state index in [0.717, 1.165) is 134 Å². The number of hydrogen-bond donors (Lipinski definition) is 0. The molecule has 1 aliphatic carbocycles. The number of imide groups is 2. The summed E-state index contributed by atoms with van der Waals surface area (Å²) in [5, 5.41) is 5.94. The number of carbonyl (C=O) groups is 4. The molecule has 0 unspecified atom stereocenters. The lowest BCUT2D eigenvalue weighted by molar-refractivity contribution is -0.254. The molecule has 4 aromatic heterocycles. The molecule has 0 radical (unpaired) electrons. The van der Waals surface area contributed by atoms with Crippen LogP contribution in [0.25, 0.3) is 73.7 Å². The number of nitrogens with zero attached hydrogens (tertiary/aromatic N) is 2. The first kappa shape index (κ1) is 56.9. The number of ether oxygens (including phenoxy) is 1. The first-order valence-corrected chi connectivity index (χ1v) is 32.0. The van der Waals surface area contributed by atoms with Gasteiger partial charge in [0.25, 0.3) is 23.6 Å². The van der Waals surface area contributed by atoms with E-state index < -0.39 is 40.7 Å². The number of rotatable bonds is 19. The zero-order chi connectivity index (χ0) is 59.6. The second-order valence-corrected chi connectivity index (χ2v) is 27.5. The molecule has 0 bridgehead atoms. The lowest BCUT2D eigenvalue weighted by Crippen LogP contribution is -2.48. The van der Waals surface area contributed by atoms with E-state index in [1.165, 1.54) is 53.6 Å². The van der Waals surface area contributed by atoms with Gasteiger partial charge in [-0.3, -0.25) is 24.1 Å². The zero-order valence-electron chi connectivity index (χ0n) is 47.1. The standard InChI is InChI=1S/C68H56F6N2O5S4/c1-6-8-10-12-14-38(15-13-11-9-7-2)75-62(77)46-26-22-42-44-24-28-48-59-49(29-25-45(57(44)59)43-23-27-47(63(75)78)58(46)56(42)43)65(80)76(64(48)79)39-17-19-40(20-18-39)81-34-41-21-31-53(85-41)55-33-51(37(5)84-55)61-60(66(69,70)68(73,74)67(61,71)72)50-32-54(83-36(50)4)52-30-16-35(3)82-52/h16-33,38H,6-15,34H2,1-5H3. The summed E-state index contributed by atoms with van der Waals surface area (Å²) in [4.78, 5) is 65.5. The number of anilines is 1. The van der Waals surface area contributed by atoms with Crippen LogP contribution in [-0.2, 0) is 6.61 Å². The molecule has 7 nitrogen and oxygen atoms in total. The molecule has 10 aromatic rings. The van der Waals surface area contributed by atoms with Crippen LogP contribution in [0.2, 0.25) is 0 Å². The average molecular weight is 1220 g/mol. The van der Waals surface area contributed by atoms with Crippen LogP contribution in [0.1, 0.15) is 150 Å². The number of fused-ring (bicyclic) bond motifs is 2. The Bertz CT molecular complexity index is 4300.